The van der Waals surface area contributed by atoms with Crippen LogP contribution in [0.3, 0.4) is 0 Å². The number of halogens is 2. The average molecular weight is 297 g/mol. The predicted octanol–water partition coefficient (Wildman–Crippen LogP) is 3.16. The van der Waals surface area contributed by atoms with Gasteiger partial charge in [0.15, 0.2) is 0 Å². The van der Waals surface area contributed by atoms with Crippen LogP contribution in [0.1, 0.15) is 11.3 Å². The zero-order chi connectivity index (χ0) is 12.3. The zero-order valence-corrected chi connectivity index (χ0v) is 11.2. The third-order valence-electron chi connectivity index (χ3n) is 2.62. The van der Waals surface area contributed by atoms with Gasteiger partial charge in [0, 0.05) is 25.0 Å². The summed E-state index contributed by atoms with van der Waals surface area (Å²) in [5, 5.41) is 3.13. The van der Waals surface area contributed by atoms with Crippen molar-refractivity contribution in [2.24, 2.45) is 0 Å². The second kappa shape index (κ2) is 5.47. The molecule has 0 aliphatic carbocycles. The van der Waals surface area contributed by atoms with Crippen molar-refractivity contribution < 1.29 is 4.39 Å². The molecule has 2 aromatic rings. The Bertz CT molecular complexity index is 508. The number of rotatable bonds is 4. The molecule has 0 saturated heterocycles. The van der Waals surface area contributed by atoms with E-state index in [9.17, 15) is 4.39 Å². The first-order valence-electron chi connectivity index (χ1n) is 5.43. The summed E-state index contributed by atoms with van der Waals surface area (Å²) in [7, 11) is 1.92. The highest BCUT2D eigenvalue weighted by Crippen LogP contribution is 2.18. The van der Waals surface area contributed by atoms with Crippen molar-refractivity contribution in [2.45, 2.75) is 13.1 Å². The van der Waals surface area contributed by atoms with E-state index in [1.54, 1.807) is 0 Å². The Morgan fingerprint density at radius 2 is 2.18 bits per heavy atom. The molecule has 0 amide bonds. The third-order valence-corrected chi connectivity index (χ3v) is 3.23. The Kier molecular flexibility index (Phi) is 3.97. The maximum absolute atomic E-state index is 13.1. The summed E-state index contributed by atoms with van der Waals surface area (Å²) in [6.45, 7) is 1.58. The number of nitrogens with one attached hydrogen (secondary N) is 1. The molecular weight excluding hydrogens is 283 g/mol. The van der Waals surface area contributed by atoms with Crippen LogP contribution in [0.15, 0.2) is 41.0 Å². The van der Waals surface area contributed by atoms with Crippen molar-refractivity contribution in [3.63, 3.8) is 0 Å². The van der Waals surface area contributed by atoms with Gasteiger partial charge in [-0.25, -0.2) is 4.39 Å². The van der Waals surface area contributed by atoms with Gasteiger partial charge in [-0.1, -0.05) is 6.07 Å². The minimum absolute atomic E-state index is 0.225. The molecule has 1 aromatic heterocycles. The van der Waals surface area contributed by atoms with Gasteiger partial charge < -0.3 is 9.88 Å². The molecule has 0 aliphatic heterocycles. The average Bonchev–Trinajstić information content (AvgIpc) is 2.72. The Morgan fingerprint density at radius 3 is 2.88 bits per heavy atom. The maximum atomic E-state index is 13.1. The summed E-state index contributed by atoms with van der Waals surface area (Å²) in [4.78, 5) is 0. The summed E-state index contributed by atoms with van der Waals surface area (Å²) in [5.41, 5.74) is 2.29. The highest BCUT2D eigenvalue weighted by Gasteiger charge is 2.03. The van der Waals surface area contributed by atoms with Crippen molar-refractivity contribution in [3.8, 4) is 0 Å². The first-order valence-corrected chi connectivity index (χ1v) is 6.22. The van der Waals surface area contributed by atoms with E-state index in [0.29, 0.717) is 4.47 Å². The number of benzene rings is 1. The molecule has 0 atom stereocenters. The van der Waals surface area contributed by atoms with E-state index in [0.717, 1.165) is 18.7 Å². The Balaban J connectivity index is 2.19. The van der Waals surface area contributed by atoms with Crippen molar-refractivity contribution in [2.75, 3.05) is 7.05 Å². The van der Waals surface area contributed by atoms with Crippen molar-refractivity contribution in [1.29, 1.82) is 0 Å². The molecule has 4 heteroatoms. The van der Waals surface area contributed by atoms with Gasteiger partial charge in [0.1, 0.15) is 5.82 Å². The van der Waals surface area contributed by atoms with Crippen LogP contribution in [-0.4, -0.2) is 11.6 Å². The van der Waals surface area contributed by atoms with E-state index < -0.39 is 0 Å². The molecule has 2 nitrogen and oxygen atoms in total. The standard InChI is InChI=1S/C13H14BrFN2/c1-16-8-11-3-2-6-17(11)9-10-4-5-13(15)12(14)7-10/h2-7,16H,8-9H2,1H3. The van der Waals surface area contributed by atoms with Crippen molar-refractivity contribution >= 4 is 15.9 Å². The second-order valence-corrected chi connectivity index (χ2v) is 4.76. The lowest BCUT2D eigenvalue weighted by Crippen LogP contribution is -2.11. The number of nitrogens with zero attached hydrogens (tertiary/aromatic N) is 1. The summed E-state index contributed by atoms with van der Waals surface area (Å²) < 4.78 is 15.8. The SMILES string of the molecule is CNCc1cccn1Cc1ccc(F)c(Br)c1. The second-order valence-electron chi connectivity index (χ2n) is 3.91. The molecule has 0 radical (unpaired) electrons. The number of hydrogen-bond donors (Lipinski definition) is 1. The molecule has 1 heterocycles. The monoisotopic (exact) mass is 296 g/mol. The van der Waals surface area contributed by atoms with Gasteiger partial charge in [-0.3, -0.25) is 0 Å². The Morgan fingerprint density at radius 1 is 1.35 bits per heavy atom. The number of aromatic nitrogens is 1. The van der Waals surface area contributed by atoms with Crippen molar-refractivity contribution in [1.82, 2.24) is 9.88 Å². The van der Waals surface area contributed by atoms with E-state index in [-0.39, 0.29) is 5.82 Å². The molecule has 0 unspecified atom stereocenters. The van der Waals surface area contributed by atoms with Gasteiger partial charge in [0.25, 0.3) is 0 Å². The molecule has 90 valence electrons. The maximum Gasteiger partial charge on any atom is 0.137 e. The van der Waals surface area contributed by atoms with Gasteiger partial charge in [0.05, 0.1) is 4.47 Å². The minimum Gasteiger partial charge on any atom is -0.346 e. The van der Waals surface area contributed by atoms with Crippen LogP contribution in [0.25, 0.3) is 0 Å². The molecule has 0 spiro atoms. The van der Waals surface area contributed by atoms with E-state index >= 15 is 0 Å². The third kappa shape index (κ3) is 2.96. The van der Waals surface area contributed by atoms with Crippen LogP contribution in [0, 0.1) is 5.82 Å². The Labute approximate surface area is 109 Å². The van der Waals surface area contributed by atoms with Gasteiger partial charge in [-0.05, 0) is 52.8 Å². The molecule has 0 bridgehead atoms. The van der Waals surface area contributed by atoms with Gasteiger partial charge in [0.2, 0.25) is 0 Å². The molecular formula is C13H14BrFN2. The fourth-order valence-corrected chi connectivity index (χ4v) is 2.21. The Hall–Kier alpha value is -1.13. The van der Waals surface area contributed by atoms with E-state index in [4.69, 9.17) is 0 Å². The molecule has 0 fully saturated rings. The lowest BCUT2D eigenvalue weighted by molar-refractivity contribution is 0.618. The minimum atomic E-state index is -0.225. The highest BCUT2D eigenvalue weighted by atomic mass is 79.9. The van der Waals surface area contributed by atoms with Crippen LogP contribution in [-0.2, 0) is 13.1 Å². The fraction of sp³-hybridized carbons (Fsp3) is 0.231. The van der Waals surface area contributed by atoms with Crippen molar-refractivity contribution in [3.05, 3.63) is 58.1 Å². The number of hydrogen-bond acceptors (Lipinski definition) is 1. The van der Waals surface area contributed by atoms with Gasteiger partial charge >= 0.3 is 0 Å². The lowest BCUT2D eigenvalue weighted by Gasteiger charge is -2.09. The topological polar surface area (TPSA) is 17.0 Å². The first kappa shape index (κ1) is 12.3. The molecule has 1 aromatic carbocycles. The van der Waals surface area contributed by atoms with Crippen LogP contribution in [0.4, 0.5) is 4.39 Å². The van der Waals surface area contributed by atoms with Crippen LogP contribution < -0.4 is 5.32 Å². The summed E-state index contributed by atoms with van der Waals surface area (Å²) in [6.07, 6.45) is 2.03. The molecule has 1 N–H and O–H groups in total. The lowest BCUT2D eigenvalue weighted by atomic mass is 10.2. The van der Waals surface area contributed by atoms with Crippen LogP contribution >= 0.6 is 15.9 Å². The van der Waals surface area contributed by atoms with Crippen LogP contribution in [0.2, 0.25) is 0 Å². The molecule has 0 saturated carbocycles. The van der Waals surface area contributed by atoms with Gasteiger partial charge in [-0.15, -0.1) is 0 Å². The largest absolute Gasteiger partial charge is 0.346 e. The summed E-state index contributed by atoms with van der Waals surface area (Å²) in [5.74, 6) is -0.225. The predicted molar refractivity (Wildman–Crippen MR) is 70.4 cm³/mol. The quantitative estimate of drug-likeness (QED) is 0.917. The van der Waals surface area contributed by atoms with E-state index in [1.807, 2.05) is 31.4 Å². The van der Waals surface area contributed by atoms with Gasteiger partial charge in [-0.2, -0.15) is 0 Å². The molecule has 17 heavy (non-hydrogen) atoms. The fourth-order valence-electron chi connectivity index (χ4n) is 1.78. The molecule has 2 rings (SSSR count). The summed E-state index contributed by atoms with van der Waals surface area (Å²) >= 11 is 3.20. The first-order chi connectivity index (χ1) is 8.20. The summed E-state index contributed by atoms with van der Waals surface area (Å²) in [6, 6.07) is 9.21. The van der Waals surface area contributed by atoms with E-state index in [1.165, 1.54) is 11.8 Å². The smallest absolute Gasteiger partial charge is 0.137 e. The van der Waals surface area contributed by atoms with Crippen LogP contribution in [0.5, 0.6) is 0 Å². The highest BCUT2D eigenvalue weighted by molar-refractivity contribution is 9.10. The van der Waals surface area contributed by atoms with E-state index in [2.05, 4.69) is 31.9 Å². The molecule has 0 aliphatic rings. The normalized spacial score (nSPS) is 10.8. The zero-order valence-electron chi connectivity index (χ0n) is 9.58.